The number of benzene rings is 2. The molecule has 0 spiro atoms. The summed E-state index contributed by atoms with van der Waals surface area (Å²) >= 11 is 7.09. The van der Waals surface area contributed by atoms with E-state index in [2.05, 4.69) is 4.98 Å². The lowest BCUT2D eigenvalue weighted by Gasteiger charge is -2.00. The number of oxazole rings is 1. The van der Waals surface area contributed by atoms with Gasteiger partial charge >= 0.3 is 0 Å². The van der Waals surface area contributed by atoms with E-state index in [9.17, 15) is 9.65 Å². The molecule has 0 bridgehead atoms. The molecule has 0 saturated carbocycles. The fourth-order valence-corrected chi connectivity index (χ4v) is 2.96. The van der Waals surface area contributed by atoms with E-state index in [1.165, 1.54) is 17.8 Å². The van der Waals surface area contributed by atoms with Crippen LogP contribution in [0.1, 0.15) is 11.3 Å². The smallest absolute Gasteiger partial charge is 0.228 e. The Balaban J connectivity index is 1.84. The van der Waals surface area contributed by atoms with Crippen LogP contribution in [-0.4, -0.2) is 4.98 Å². The van der Waals surface area contributed by atoms with Gasteiger partial charge in [-0.1, -0.05) is 41.6 Å². The molecule has 1 aromatic heterocycles. The Labute approximate surface area is 141 Å². The Bertz CT molecular complexity index is 871. The second-order valence-corrected chi connectivity index (χ2v) is 6.04. The molecule has 6 heteroatoms. The van der Waals surface area contributed by atoms with E-state index >= 15 is 0 Å². The summed E-state index contributed by atoms with van der Waals surface area (Å²) in [4.78, 5) is 4.18. The molecule has 3 aromatic rings. The van der Waals surface area contributed by atoms with Gasteiger partial charge in [0.2, 0.25) is 5.89 Å². The number of nitriles is 1. The highest BCUT2D eigenvalue weighted by Crippen LogP contribution is 2.31. The third-order valence-electron chi connectivity index (χ3n) is 3.11. The molecule has 0 amide bonds. The Morgan fingerprint density at radius 1 is 1.17 bits per heavy atom. The van der Waals surface area contributed by atoms with Crippen LogP contribution in [0.15, 0.2) is 58.0 Å². The van der Waals surface area contributed by atoms with E-state index < -0.39 is 0 Å². The quantitative estimate of drug-likeness (QED) is 0.603. The Hall–Kier alpha value is -2.29. The first-order valence-corrected chi connectivity index (χ1v) is 8.07. The summed E-state index contributed by atoms with van der Waals surface area (Å²) in [5, 5.41) is 10.2. The van der Waals surface area contributed by atoms with Crippen molar-refractivity contribution in [1.29, 1.82) is 5.26 Å². The molecule has 0 fully saturated rings. The van der Waals surface area contributed by atoms with Gasteiger partial charge in [0.25, 0.3) is 0 Å². The standard InChI is InChI=1S/C17H10ClFN2OS/c18-13-7-5-11(6-8-13)16-21-15(9-20)17(22-16)23-10-12-3-1-2-4-14(12)19/h1-8H,10H2. The van der Waals surface area contributed by atoms with Gasteiger partial charge < -0.3 is 4.42 Å². The summed E-state index contributed by atoms with van der Waals surface area (Å²) in [6.07, 6.45) is 0. The van der Waals surface area contributed by atoms with Crippen molar-refractivity contribution in [3.8, 4) is 17.5 Å². The van der Waals surface area contributed by atoms with Crippen LogP contribution >= 0.6 is 23.4 Å². The molecule has 114 valence electrons. The number of aromatic nitrogens is 1. The van der Waals surface area contributed by atoms with Crippen LogP contribution in [0, 0.1) is 17.1 Å². The summed E-state index contributed by atoms with van der Waals surface area (Å²) in [7, 11) is 0. The highest BCUT2D eigenvalue weighted by molar-refractivity contribution is 7.98. The molecule has 0 radical (unpaired) electrons. The fourth-order valence-electron chi connectivity index (χ4n) is 1.95. The van der Waals surface area contributed by atoms with Crippen LogP contribution in [0.3, 0.4) is 0 Å². The van der Waals surface area contributed by atoms with Gasteiger partial charge in [0.15, 0.2) is 10.8 Å². The number of rotatable bonds is 4. The molecule has 0 atom stereocenters. The maximum absolute atomic E-state index is 13.6. The first kappa shape index (κ1) is 15.6. The van der Waals surface area contributed by atoms with E-state index in [0.717, 1.165) is 5.56 Å². The van der Waals surface area contributed by atoms with Crippen molar-refractivity contribution in [2.45, 2.75) is 10.8 Å². The molecular weight excluding hydrogens is 335 g/mol. The van der Waals surface area contributed by atoms with E-state index in [0.29, 0.717) is 27.3 Å². The second-order valence-electron chi connectivity index (χ2n) is 4.65. The van der Waals surface area contributed by atoms with E-state index in [4.69, 9.17) is 16.0 Å². The average molecular weight is 345 g/mol. The summed E-state index contributed by atoms with van der Waals surface area (Å²) < 4.78 is 19.3. The minimum Gasteiger partial charge on any atom is -0.428 e. The molecule has 0 N–H and O–H groups in total. The number of halogens is 2. The number of nitrogens with zero attached hydrogens (tertiary/aromatic N) is 2. The molecule has 0 aliphatic rings. The lowest BCUT2D eigenvalue weighted by Crippen LogP contribution is -1.86. The summed E-state index contributed by atoms with van der Waals surface area (Å²) in [6, 6.07) is 15.5. The molecule has 0 aliphatic heterocycles. The van der Waals surface area contributed by atoms with E-state index in [1.54, 1.807) is 42.5 Å². The van der Waals surface area contributed by atoms with E-state index in [1.807, 2.05) is 6.07 Å². The first-order valence-electron chi connectivity index (χ1n) is 6.70. The van der Waals surface area contributed by atoms with Gasteiger partial charge in [-0.25, -0.2) is 4.39 Å². The molecule has 3 nitrogen and oxygen atoms in total. The monoisotopic (exact) mass is 344 g/mol. The second kappa shape index (κ2) is 6.86. The summed E-state index contributed by atoms with van der Waals surface area (Å²) in [5.74, 6) is 0.418. The van der Waals surface area contributed by atoms with Crippen molar-refractivity contribution in [3.05, 3.63) is 70.6 Å². The largest absolute Gasteiger partial charge is 0.428 e. The number of hydrogen-bond donors (Lipinski definition) is 0. The number of hydrogen-bond acceptors (Lipinski definition) is 4. The maximum Gasteiger partial charge on any atom is 0.228 e. The van der Waals surface area contributed by atoms with Gasteiger partial charge in [0.1, 0.15) is 11.9 Å². The highest BCUT2D eigenvalue weighted by Gasteiger charge is 2.15. The SMILES string of the molecule is N#Cc1nc(-c2ccc(Cl)cc2)oc1SCc1ccccc1F. The van der Waals surface area contributed by atoms with Crippen molar-refractivity contribution < 1.29 is 8.81 Å². The molecule has 0 saturated heterocycles. The van der Waals surface area contributed by atoms with Crippen molar-refractivity contribution in [2.75, 3.05) is 0 Å². The van der Waals surface area contributed by atoms with Gasteiger partial charge in [-0.05, 0) is 35.9 Å². The lowest BCUT2D eigenvalue weighted by atomic mass is 10.2. The van der Waals surface area contributed by atoms with Gasteiger partial charge in [-0.2, -0.15) is 10.2 Å². The Morgan fingerprint density at radius 3 is 2.61 bits per heavy atom. The van der Waals surface area contributed by atoms with Crippen LogP contribution in [-0.2, 0) is 5.75 Å². The molecular formula is C17H10ClFN2OS. The lowest BCUT2D eigenvalue weighted by molar-refractivity contribution is 0.483. The maximum atomic E-state index is 13.6. The molecule has 23 heavy (non-hydrogen) atoms. The third kappa shape index (κ3) is 3.55. The van der Waals surface area contributed by atoms with Crippen LogP contribution in [0.25, 0.3) is 11.5 Å². The van der Waals surface area contributed by atoms with Crippen LogP contribution in [0.2, 0.25) is 5.02 Å². The highest BCUT2D eigenvalue weighted by atomic mass is 35.5. The molecule has 0 aliphatic carbocycles. The average Bonchev–Trinajstić information content (AvgIpc) is 2.98. The van der Waals surface area contributed by atoms with Crippen LogP contribution in [0.4, 0.5) is 4.39 Å². The van der Waals surface area contributed by atoms with E-state index in [-0.39, 0.29) is 11.5 Å². The van der Waals surface area contributed by atoms with Gasteiger partial charge in [0, 0.05) is 16.3 Å². The molecule has 3 rings (SSSR count). The van der Waals surface area contributed by atoms with Gasteiger partial charge in [-0.3, -0.25) is 0 Å². The van der Waals surface area contributed by atoms with Gasteiger partial charge in [0.05, 0.1) is 0 Å². The minimum atomic E-state index is -0.282. The fraction of sp³-hybridized carbons (Fsp3) is 0.0588. The van der Waals surface area contributed by atoms with Crippen LogP contribution < -0.4 is 0 Å². The topological polar surface area (TPSA) is 49.8 Å². The summed E-state index contributed by atoms with van der Waals surface area (Å²) in [6.45, 7) is 0. The van der Waals surface area contributed by atoms with Crippen LogP contribution in [0.5, 0.6) is 0 Å². The molecule has 2 aromatic carbocycles. The van der Waals surface area contributed by atoms with Gasteiger partial charge in [-0.15, -0.1) is 0 Å². The first-order chi connectivity index (χ1) is 11.2. The zero-order chi connectivity index (χ0) is 16.2. The zero-order valence-corrected chi connectivity index (χ0v) is 13.4. The number of thioether (sulfide) groups is 1. The normalized spacial score (nSPS) is 10.5. The predicted octanol–water partition coefficient (Wildman–Crippen LogP) is 5.30. The van der Waals surface area contributed by atoms with Crippen molar-refractivity contribution >= 4 is 23.4 Å². The summed E-state index contributed by atoms with van der Waals surface area (Å²) in [5.41, 5.74) is 1.46. The molecule has 1 heterocycles. The Kier molecular flexibility index (Phi) is 4.65. The van der Waals surface area contributed by atoms with Crippen molar-refractivity contribution in [1.82, 2.24) is 4.98 Å². The molecule has 0 unspecified atom stereocenters. The predicted molar refractivity (Wildman–Crippen MR) is 87.6 cm³/mol. The zero-order valence-electron chi connectivity index (χ0n) is 11.8. The minimum absolute atomic E-state index is 0.191. The van der Waals surface area contributed by atoms with Crippen molar-refractivity contribution in [3.63, 3.8) is 0 Å². The Morgan fingerprint density at radius 2 is 1.91 bits per heavy atom. The van der Waals surface area contributed by atoms with Crippen molar-refractivity contribution in [2.24, 2.45) is 0 Å². The third-order valence-corrected chi connectivity index (χ3v) is 4.36.